The minimum atomic E-state index is -4.60. The summed E-state index contributed by atoms with van der Waals surface area (Å²) >= 11 is 4.01. The molecule has 0 atom stereocenters. The Morgan fingerprint density at radius 3 is 2.45 bits per heavy atom. The quantitative estimate of drug-likeness (QED) is 0.251. The summed E-state index contributed by atoms with van der Waals surface area (Å²) in [4.78, 5) is 49.6. The lowest BCUT2D eigenvalue weighted by Crippen LogP contribution is -2.36. The molecule has 4 rings (SSSR count). The first-order valence-electron chi connectivity index (χ1n) is 11.9. The van der Waals surface area contributed by atoms with Crippen molar-refractivity contribution < 1.29 is 46.9 Å². The molecule has 0 spiro atoms. The fourth-order valence-electron chi connectivity index (χ4n) is 3.77. The molecule has 3 aromatic rings. The van der Waals surface area contributed by atoms with E-state index in [1.54, 1.807) is 24.3 Å². The number of ether oxygens (including phenoxy) is 2. The number of rotatable bonds is 9. The van der Waals surface area contributed by atoms with Crippen LogP contribution < -0.4 is 14.8 Å². The lowest BCUT2D eigenvalue weighted by atomic mass is 10.1. The second-order valence-electron chi connectivity index (χ2n) is 8.72. The van der Waals surface area contributed by atoms with Gasteiger partial charge in [-0.1, -0.05) is 18.2 Å². The number of nitrogens with one attached hydrogen (secondary N) is 1. The van der Waals surface area contributed by atoms with Crippen LogP contribution in [0.2, 0.25) is 0 Å². The third kappa shape index (κ3) is 7.31. The van der Waals surface area contributed by atoms with Crippen LogP contribution in [0, 0.1) is 0 Å². The molecule has 42 heavy (non-hydrogen) atoms. The van der Waals surface area contributed by atoms with Crippen LogP contribution in [0.3, 0.4) is 0 Å². The fraction of sp³-hybridized carbons (Fsp3) is 0.143. The number of carbonyl (C=O) groups is 4. The number of carbonyl (C=O) groups excluding carboxylic acids is 3. The minimum absolute atomic E-state index is 0.0213. The maximum atomic E-state index is 12.9. The van der Waals surface area contributed by atoms with Gasteiger partial charge in [0.05, 0.1) is 27.6 Å². The number of methoxy groups -OCH3 is 1. The SMILES string of the molecule is COc1cc(/C=C2\SC(=O)N(CC(=O)Nc3cccc(C(F)(F)F)c3)C2=O)cc(Br)c1OCc1ccc(C(=O)O)cc1. The molecule has 1 aliphatic heterocycles. The van der Waals surface area contributed by atoms with Gasteiger partial charge in [0.1, 0.15) is 13.2 Å². The highest BCUT2D eigenvalue weighted by molar-refractivity contribution is 9.10. The average Bonchev–Trinajstić information content (AvgIpc) is 3.19. The van der Waals surface area contributed by atoms with Crippen molar-refractivity contribution in [3.63, 3.8) is 0 Å². The lowest BCUT2D eigenvalue weighted by molar-refractivity contribution is -0.137. The van der Waals surface area contributed by atoms with Gasteiger partial charge in [-0.2, -0.15) is 13.2 Å². The van der Waals surface area contributed by atoms with Gasteiger partial charge in [-0.15, -0.1) is 0 Å². The van der Waals surface area contributed by atoms with Crippen molar-refractivity contribution in [2.24, 2.45) is 0 Å². The van der Waals surface area contributed by atoms with Crippen LogP contribution in [-0.2, 0) is 22.4 Å². The zero-order chi connectivity index (χ0) is 30.6. The number of thioether (sulfide) groups is 1. The molecule has 3 amide bonds. The van der Waals surface area contributed by atoms with Gasteiger partial charge in [-0.05, 0) is 87.4 Å². The number of halogens is 4. The molecule has 0 bridgehead atoms. The van der Waals surface area contributed by atoms with Gasteiger partial charge < -0.3 is 19.9 Å². The van der Waals surface area contributed by atoms with Gasteiger partial charge in [-0.25, -0.2) is 4.79 Å². The van der Waals surface area contributed by atoms with Crippen LogP contribution in [0.4, 0.5) is 23.7 Å². The number of nitrogens with zero attached hydrogens (tertiary/aromatic N) is 1. The van der Waals surface area contributed by atoms with Crippen molar-refractivity contribution in [2.75, 3.05) is 19.0 Å². The van der Waals surface area contributed by atoms with E-state index in [1.165, 1.54) is 31.4 Å². The molecule has 3 aromatic carbocycles. The van der Waals surface area contributed by atoms with E-state index in [0.29, 0.717) is 43.8 Å². The summed E-state index contributed by atoms with van der Waals surface area (Å²) in [6.07, 6.45) is -3.17. The van der Waals surface area contributed by atoms with Gasteiger partial charge in [0.25, 0.3) is 11.1 Å². The first kappa shape index (κ1) is 30.7. The van der Waals surface area contributed by atoms with Gasteiger partial charge >= 0.3 is 12.1 Å². The average molecular weight is 665 g/mol. The van der Waals surface area contributed by atoms with Crippen molar-refractivity contribution in [1.29, 1.82) is 0 Å². The zero-order valence-corrected chi connectivity index (χ0v) is 23.9. The summed E-state index contributed by atoms with van der Waals surface area (Å²) in [5, 5.41) is 10.6. The highest BCUT2D eigenvalue weighted by atomic mass is 79.9. The van der Waals surface area contributed by atoms with Crippen LogP contribution in [0.15, 0.2) is 70.0 Å². The van der Waals surface area contributed by atoms with E-state index < -0.39 is 41.3 Å². The Bertz CT molecular complexity index is 1590. The topological polar surface area (TPSA) is 122 Å². The summed E-state index contributed by atoms with van der Waals surface area (Å²) in [6, 6.07) is 13.3. The maximum absolute atomic E-state index is 12.9. The van der Waals surface area contributed by atoms with Gasteiger partial charge in [0.2, 0.25) is 5.91 Å². The molecule has 0 aliphatic carbocycles. The molecule has 0 aromatic heterocycles. The van der Waals surface area contributed by atoms with Crippen LogP contribution in [0.5, 0.6) is 11.5 Å². The third-order valence-corrected chi connectivity index (χ3v) is 7.28. The summed E-state index contributed by atoms with van der Waals surface area (Å²) in [6.45, 7) is -0.582. The van der Waals surface area contributed by atoms with E-state index in [4.69, 9.17) is 14.6 Å². The number of amides is 3. The summed E-state index contributed by atoms with van der Waals surface area (Å²) < 4.78 is 50.6. The van der Waals surface area contributed by atoms with Crippen molar-refractivity contribution >= 4 is 62.5 Å². The largest absolute Gasteiger partial charge is 0.493 e. The highest BCUT2D eigenvalue weighted by Gasteiger charge is 2.36. The predicted molar refractivity (Wildman–Crippen MR) is 151 cm³/mol. The number of anilines is 1. The normalized spacial score (nSPS) is 14.3. The standard InChI is InChI=1S/C28H20BrF3N2O7S/c1-40-21-10-16(9-20(29)24(21)41-14-15-5-7-17(8-6-15)26(37)38)11-22-25(36)34(27(39)42-22)13-23(35)33-19-4-2-3-18(12-19)28(30,31)32/h2-12H,13-14H2,1H3,(H,33,35)(H,37,38)/b22-11-. The molecule has 1 heterocycles. The first-order chi connectivity index (χ1) is 19.8. The van der Waals surface area contributed by atoms with E-state index in [1.807, 2.05) is 0 Å². The van der Waals surface area contributed by atoms with Gasteiger partial charge in [0.15, 0.2) is 11.5 Å². The molecule has 218 valence electrons. The molecular weight excluding hydrogens is 645 g/mol. The zero-order valence-electron chi connectivity index (χ0n) is 21.5. The molecule has 9 nitrogen and oxygen atoms in total. The third-order valence-electron chi connectivity index (χ3n) is 5.78. The lowest BCUT2D eigenvalue weighted by Gasteiger charge is -2.14. The summed E-state index contributed by atoms with van der Waals surface area (Å²) in [7, 11) is 1.41. The van der Waals surface area contributed by atoms with Crippen molar-refractivity contribution in [1.82, 2.24) is 4.90 Å². The number of carboxylic acids is 1. The second-order valence-corrected chi connectivity index (χ2v) is 10.6. The van der Waals surface area contributed by atoms with Crippen LogP contribution in [-0.4, -0.2) is 46.7 Å². The van der Waals surface area contributed by atoms with Crippen LogP contribution >= 0.6 is 27.7 Å². The Kier molecular flexibility index (Phi) is 9.27. The number of hydrogen-bond donors (Lipinski definition) is 2. The summed E-state index contributed by atoms with van der Waals surface area (Å²) in [5.74, 6) is -1.99. The van der Waals surface area contributed by atoms with Crippen molar-refractivity contribution in [3.05, 3.63) is 92.3 Å². The number of aromatic carboxylic acids is 1. The molecule has 0 saturated carbocycles. The smallest absolute Gasteiger partial charge is 0.416 e. The van der Waals surface area contributed by atoms with Crippen LogP contribution in [0.25, 0.3) is 6.08 Å². The van der Waals surface area contributed by atoms with E-state index in [2.05, 4.69) is 21.2 Å². The summed E-state index contributed by atoms with van der Waals surface area (Å²) in [5.41, 5.74) is 0.234. The molecule has 1 saturated heterocycles. The molecule has 0 radical (unpaired) electrons. The maximum Gasteiger partial charge on any atom is 0.416 e. The van der Waals surface area contributed by atoms with Crippen molar-refractivity contribution in [2.45, 2.75) is 12.8 Å². The fourth-order valence-corrected chi connectivity index (χ4v) is 5.18. The van der Waals surface area contributed by atoms with Crippen molar-refractivity contribution in [3.8, 4) is 11.5 Å². The van der Waals surface area contributed by atoms with E-state index in [-0.39, 0.29) is 22.8 Å². The highest BCUT2D eigenvalue weighted by Crippen LogP contribution is 2.39. The molecular formula is C28H20BrF3N2O7S. The molecule has 1 aliphatic rings. The number of alkyl halides is 3. The Morgan fingerprint density at radius 2 is 1.81 bits per heavy atom. The Hall–Kier alpha value is -4.30. The van der Waals surface area contributed by atoms with E-state index in [9.17, 15) is 32.3 Å². The number of imide groups is 1. The Balaban J connectivity index is 1.44. The number of carboxylic acid groups (broad SMARTS) is 1. The van der Waals surface area contributed by atoms with Crippen LogP contribution in [0.1, 0.15) is 27.0 Å². The van der Waals surface area contributed by atoms with E-state index in [0.717, 1.165) is 18.2 Å². The molecule has 0 unspecified atom stereocenters. The monoisotopic (exact) mass is 664 g/mol. The molecule has 2 N–H and O–H groups in total. The minimum Gasteiger partial charge on any atom is -0.493 e. The molecule has 1 fully saturated rings. The second kappa shape index (κ2) is 12.7. The Labute approximate surface area is 249 Å². The molecule has 14 heteroatoms. The number of benzene rings is 3. The van der Waals surface area contributed by atoms with E-state index >= 15 is 0 Å². The Morgan fingerprint density at radius 1 is 1.10 bits per heavy atom. The van der Waals surface area contributed by atoms with Gasteiger partial charge in [-0.3, -0.25) is 19.3 Å². The van der Waals surface area contributed by atoms with Gasteiger partial charge in [0, 0.05) is 5.69 Å². The number of hydrogen-bond acceptors (Lipinski definition) is 7. The predicted octanol–water partition coefficient (Wildman–Crippen LogP) is 6.43. The first-order valence-corrected chi connectivity index (χ1v) is 13.5.